The Morgan fingerprint density at radius 3 is 1.79 bits per heavy atom. The van der Waals surface area contributed by atoms with Gasteiger partial charge in [-0.25, -0.2) is 0 Å². The normalized spacial score (nSPS) is 11.7. The highest BCUT2D eigenvalue weighted by molar-refractivity contribution is 7.26. The van der Waals surface area contributed by atoms with Gasteiger partial charge in [0, 0.05) is 47.7 Å². The van der Waals surface area contributed by atoms with E-state index in [1.807, 2.05) is 11.3 Å². The molecule has 0 aliphatic rings. The highest BCUT2D eigenvalue weighted by Gasteiger charge is 2.22. The van der Waals surface area contributed by atoms with Crippen LogP contribution in [-0.2, 0) is 0 Å². The van der Waals surface area contributed by atoms with Crippen LogP contribution in [0.3, 0.4) is 0 Å². The lowest BCUT2D eigenvalue weighted by molar-refractivity contribution is 0.673. The van der Waals surface area contributed by atoms with Crippen molar-refractivity contribution in [2.75, 3.05) is 4.90 Å². The molecule has 0 amide bonds. The molecule has 3 heteroatoms. The van der Waals surface area contributed by atoms with Gasteiger partial charge in [0.1, 0.15) is 11.2 Å². The standard InChI is InChI=1S/C40H25NOS/c1-3-13-26(14-4-1)41(27-15-5-2-6-16-27)34-24-23-29(28-17-7-8-18-30(28)34)33-25-37-39(32-20-10-12-22-36(32)43-37)40-38(33)31-19-9-11-21-35(31)42-40/h1-25H. The van der Waals surface area contributed by atoms with Crippen LogP contribution in [-0.4, -0.2) is 0 Å². The van der Waals surface area contributed by atoms with E-state index in [1.54, 1.807) is 0 Å². The predicted molar refractivity (Wildman–Crippen MR) is 184 cm³/mol. The molecule has 2 nitrogen and oxygen atoms in total. The van der Waals surface area contributed by atoms with Crippen LogP contribution in [0.2, 0.25) is 0 Å². The smallest absolute Gasteiger partial charge is 0.145 e. The highest BCUT2D eigenvalue weighted by atomic mass is 32.1. The Bertz CT molecular complexity index is 2420. The molecule has 9 rings (SSSR count). The van der Waals surface area contributed by atoms with Crippen LogP contribution in [0.15, 0.2) is 156 Å². The van der Waals surface area contributed by atoms with Crippen molar-refractivity contribution in [2.24, 2.45) is 0 Å². The SMILES string of the molecule is c1ccc(N(c2ccccc2)c2ccc(-c3cc4sc5ccccc5c4c4oc5ccccc5c34)c3ccccc23)cc1. The minimum absolute atomic E-state index is 0.918. The van der Waals surface area contributed by atoms with Crippen LogP contribution in [0.5, 0.6) is 0 Å². The van der Waals surface area contributed by atoms with E-state index in [0.717, 1.165) is 33.6 Å². The van der Waals surface area contributed by atoms with Crippen molar-refractivity contribution in [3.63, 3.8) is 0 Å². The van der Waals surface area contributed by atoms with Crippen molar-refractivity contribution in [3.8, 4) is 11.1 Å². The van der Waals surface area contributed by atoms with E-state index in [9.17, 15) is 0 Å². The fourth-order valence-electron chi connectivity index (χ4n) is 6.60. The van der Waals surface area contributed by atoms with Crippen molar-refractivity contribution in [3.05, 3.63) is 152 Å². The maximum atomic E-state index is 6.68. The number of benzene rings is 7. The zero-order valence-corrected chi connectivity index (χ0v) is 24.0. The third-order valence-corrected chi connectivity index (χ3v) is 9.57. The molecule has 0 aliphatic heterocycles. The Labute approximate surface area is 252 Å². The zero-order valence-electron chi connectivity index (χ0n) is 23.2. The molecule has 0 bridgehead atoms. The number of hydrogen-bond donors (Lipinski definition) is 0. The van der Waals surface area contributed by atoms with Crippen LogP contribution < -0.4 is 4.90 Å². The molecule has 0 radical (unpaired) electrons. The van der Waals surface area contributed by atoms with Crippen molar-refractivity contribution >= 4 is 81.3 Å². The Hall–Kier alpha value is -5.38. The first-order valence-corrected chi connectivity index (χ1v) is 15.3. The molecule has 43 heavy (non-hydrogen) atoms. The molecule has 0 unspecified atom stereocenters. The summed E-state index contributed by atoms with van der Waals surface area (Å²) in [5, 5.41) is 7.19. The van der Waals surface area contributed by atoms with Crippen LogP contribution >= 0.6 is 11.3 Å². The van der Waals surface area contributed by atoms with Crippen LogP contribution in [0.4, 0.5) is 17.1 Å². The predicted octanol–water partition coefficient (Wildman–Crippen LogP) is 12.2. The molecule has 0 saturated heterocycles. The maximum absolute atomic E-state index is 6.68. The molecule has 202 valence electrons. The quantitative estimate of drug-likeness (QED) is 0.210. The van der Waals surface area contributed by atoms with Gasteiger partial charge >= 0.3 is 0 Å². The van der Waals surface area contributed by atoms with E-state index in [1.165, 1.54) is 47.5 Å². The number of rotatable bonds is 4. The first kappa shape index (κ1) is 24.2. The minimum atomic E-state index is 0.918. The summed E-state index contributed by atoms with van der Waals surface area (Å²) >= 11 is 1.84. The van der Waals surface area contributed by atoms with Crippen LogP contribution in [0, 0.1) is 0 Å². The molecule has 0 atom stereocenters. The van der Waals surface area contributed by atoms with Crippen molar-refractivity contribution in [1.29, 1.82) is 0 Å². The first-order chi connectivity index (χ1) is 21.3. The molecular weight excluding hydrogens is 543 g/mol. The fourth-order valence-corrected chi connectivity index (χ4v) is 7.74. The molecule has 0 fully saturated rings. The third-order valence-electron chi connectivity index (χ3n) is 8.45. The maximum Gasteiger partial charge on any atom is 0.145 e. The van der Waals surface area contributed by atoms with E-state index in [4.69, 9.17) is 4.42 Å². The molecule has 9 aromatic rings. The second kappa shape index (κ2) is 9.59. The Kier molecular flexibility index (Phi) is 5.40. The van der Waals surface area contributed by atoms with E-state index < -0.39 is 0 Å². The number of fused-ring (bicyclic) bond motifs is 8. The molecule has 0 N–H and O–H groups in total. The average Bonchev–Trinajstić information content (AvgIpc) is 3.64. The summed E-state index contributed by atoms with van der Waals surface area (Å²) in [4.78, 5) is 2.35. The van der Waals surface area contributed by atoms with Crippen molar-refractivity contribution in [1.82, 2.24) is 0 Å². The van der Waals surface area contributed by atoms with E-state index in [-0.39, 0.29) is 0 Å². The summed E-state index contributed by atoms with van der Waals surface area (Å²) in [5.41, 5.74) is 7.69. The fraction of sp³-hybridized carbons (Fsp3) is 0. The summed E-state index contributed by atoms with van der Waals surface area (Å²) in [7, 11) is 0. The van der Waals surface area contributed by atoms with Crippen LogP contribution in [0.25, 0.3) is 64.0 Å². The summed E-state index contributed by atoms with van der Waals surface area (Å²) in [6, 6.07) is 54.1. The van der Waals surface area contributed by atoms with Gasteiger partial charge in [-0.2, -0.15) is 0 Å². The molecule has 7 aromatic carbocycles. The number of thiophene rings is 1. The molecular formula is C40H25NOS. The number of nitrogens with zero attached hydrogens (tertiary/aromatic N) is 1. The summed E-state index contributed by atoms with van der Waals surface area (Å²) in [5.74, 6) is 0. The average molecular weight is 568 g/mol. The molecule has 0 aliphatic carbocycles. The van der Waals surface area contributed by atoms with Gasteiger partial charge in [0.25, 0.3) is 0 Å². The number of anilines is 3. The lowest BCUT2D eigenvalue weighted by Gasteiger charge is -2.27. The Morgan fingerprint density at radius 1 is 0.442 bits per heavy atom. The zero-order chi connectivity index (χ0) is 28.3. The lowest BCUT2D eigenvalue weighted by atomic mass is 9.92. The third kappa shape index (κ3) is 3.72. The molecule has 2 heterocycles. The molecule has 0 saturated carbocycles. The van der Waals surface area contributed by atoms with Gasteiger partial charge in [-0.05, 0) is 65.0 Å². The highest BCUT2D eigenvalue weighted by Crippen LogP contribution is 2.49. The van der Waals surface area contributed by atoms with Gasteiger partial charge in [-0.15, -0.1) is 11.3 Å². The molecule has 2 aromatic heterocycles. The monoisotopic (exact) mass is 567 g/mol. The van der Waals surface area contributed by atoms with Gasteiger partial charge in [0.15, 0.2) is 0 Å². The molecule has 0 spiro atoms. The van der Waals surface area contributed by atoms with Crippen molar-refractivity contribution < 1.29 is 4.42 Å². The first-order valence-electron chi connectivity index (χ1n) is 14.5. The van der Waals surface area contributed by atoms with E-state index in [0.29, 0.717) is 0 Å². The largest absolute Gasteiger partial charge is 0.455 e. The van der Waals surface area contributed by atoms with E-state index in [2.05, 4.69) is 157 Å². The number of hydrogen-bond acceptors (Lipinski definition) is 3. The Balaban J connectivity index is 1.37. The topological polar surface area (TPSA) is 16.4 Å². The number of furan rings is 1. The minimum Gasteiger partial charge on any atom is -0.455 e. The summed E-state index contributed by atoms with van der Waals surface area (Å²) in [6.45, 7) is 0. The van der Waals surface area contributed by atoms with Crippen molar-refractivity contribution in [2.45, 2.75) is 0 Å². The van der Waals surface area contributed by atoms with Crippen LogP contribution in [0.1, 0.15) is 0 Å². The van der Waals surface area contributed by atoms with Gasteiger partial charge < -0.3 is 9.32 Å². The van der Waals surface area contributed by atoms with Gasteiger partial charge in [0.2, 0.25) is 0 Å². The number of para-hydroxylation sites is 3. The summed E-state index contributed by atoms with van der Waals surface area (Å²) < 4.78 is 9.20. The Morgan fingerprint density at radius 2 is 1.05 bits per heavy atom. The lowest BCUT2D eigenvalue weighted by Crippen LogP contribution is -2.10. The second-order valence-electron chi connectivity index (χ2n) is 10.9. The van der Waals surface area contributed by atoms with Gasteiger partial charge in [0.05, 0.1) is 5.69 Å². The summed E-state index contributed by atoms with van der Waals surface area (Å²) in [6.07, 6.45) is 0. The van der Waals surface area contributed by atoms with Gasteiger partial charge in [-0.3, -0.25) is 0 Å². The van der Waals surface area contributed by atoms with Gasteiger partial charge in [-0.1, -0.05) is 103 Å². The second-order valence-corrected chi connectivity index (χ2v) is 12.0. The van der Waals surface area contributed by atoms with E-state index >= 15 is 0 Å².